The average Bonchev–Trinajstić information content (AvgIpc) is 2.27. The van der Waals surface area contributed by atoms with Crippen LogP contribution in [0.2, 0.25) is 0 Å². The van der Waals surface area contributed by atoms with Gasteiger partial charge >= 0.3 is 12.3 Å². The number of benzene rings is 1. The Labute approximate surface area is 106 Å². The van der Waals surface area contributed by atoms with Gasteiger partial charge in [-0.05, 0) is 19.1 Å². The number of carbonyl (C=O) groups is 2. The minimum atomic E-state index is -4.94. The van der Waals surface area contributed by atoms with E-state index in [0.717, 1.165) is 12.1 Å². The standard InChI is InChI=1S/C11H10F3NO4/c1-6(10(17)18)15-9(16)7-4-2-3-5-8(7)19-11(12,13)14/h2-6H,1H3,(H,15,16)(H,17,18). The molecule has 1 aromatic carbocycles. The molecule has 8 heteroatoms. The van der Waals surface area contributed by atoms with Crippen LogP contribution < -0.4 is 10.1 Å². The second-order valence-electron chi connectivity index (χ2n) is 3.58. The molecule has 0 saturated heterocycles. The zero-order chi connectivity index (χ0) is 14.6. The van der Waals surface area contributed by atoms with Gasteiger partial charge in [0.05, 0.1) is 5.56 Å². The van der Waals surface area contributed by atoms with Crippen molar-refractivity contribution in [1.82, 2.24) is 5.32 Å². The molecule has 0 aliphatic rings. The fraction of sp³-hybridized carbons (Fsp3) is 0.273. The lowest BCUT2D eigenvalue weighted by molar-refractivity contribution is -0.274. The molecule has 1 amide bonds. The van der Waals surface area contributed by atoms with Crippen molar-refractivity contribution in [3.05, 3.63) is 29.8 Å². The molecule has 0 aliphatic heterocycles. The van der Waals surface area contributed by atoms with Crippen molar-refractivity contribution in [1.29, 1.82) is 0 Å². The smallest absolute Gasteiger partial charge is 0.480 e. The summed E-state index contributed by atoms with van der Waals surface area (Å²) in [5.41, 5.74) is -0.395. The van der Waals surface area contributed by atoms with Gasteiger partial charge in [-0.1, -0.05) is 12.1 Å². The van der Waals surface area contributed by atoms with Crippen molar-refractivity contribution < 1.29 is 32.6 Å². The molecule has 0 aliphatic carbocycles. The number of hydrogen-bond donors (Lipinski definition) is 2. The number of amides is 1. The molecule has 1 unspecified atom stereocenters. The Bertz CT molecular complexity index is 487. The first-order valence-corrected chi connectivity index (χ1v) is 5.09. The van der Waals surface area contributed by atoms with Crippen LogP contribution in [-0.2, 0) is 4.79 Å². The molecule has 0 bridgehead atoms. The zero-order valence-electron chi connectivity index (χ0n) is 9.69. The number of hydrogen-bond acceptors (Lipinski definition) is 3. The van der Waals surface area contributed by atoms with E-state index >= 15 is 0 Å². The minimum absolute atomic E-state index is 0.395. The van der Waals surface area contributed by atoms with E-state index in [1.54, 1.807) is 0 Å². The molecule has 104 valence electrons. The van der Waals surface area contributed by atoms with Crippen LogP contribution in [0, 0.1) is 0 Å². The number of aliphatic carboxylic acids is 1. The van der Waals surface area contributed by atoms with E-state index in [4.69, 9.17) is 5.11 Å². The van der Waals surface area contributed by atoms with Crippen LogP contribution in [0.25, 0.3) is 0 Å². The van der Waals surface area contributed by atoms with Gasteiger partial charge < -0.3 is 15.2 Å². The Morgan fingerprint density at radius 3 is 2.42 bits per heavy atom. The molecule has 0 saturated carbocycles. The van der Waals surface area contributed by atoms with Crippen LogP contribution >= 0.6 is 0 Å². The SMILES string of the molecule is CC(NC(=O)c1ccccc1OC(F)(F)F)C(=O)O. The summed E-state index contributed by atoms with van der Waals surface area (Å²) in [4.78, 5) is 22.2. The molecular formula is C11H10F3NO4. The lowest BCUT2D eigenvalue weighted by Crippen LogP contribution is -2.38. The molecule has 1 rings (SSSR count). The van der Waals surface area contributed by atoms with Crippen molar-refractivity contribution in [3.8, 4) is 5.75 Å². The third-order valence-corrected chi connectivity index (χ3v) is 2.08. The fourth-order valence-corrected chi connectivity index (χ4v) is 1.20. The summed E-state index contributed by atoms with van der Waals surface area (Å²) in [5.74, 6) is -2.96. The highest BCUT2D eigenvalue weighted by Gasteiger charge is 2.33. The van der Waals surface area contributed by atoms with Crippen molar-refractivity contribution >= 4 is 11.9 Å². The van der Waals surface area contributed by atoms with E-state index in [1.807, 2.05) is 5.32 Å². The van der Waals surface area contributed by atoms with Crippen molar-refractivity contribution in [2.75, 3.05) is 0 Å². The second kappa shape index (κ2) is 5.59. The van der Waals surface area contributed by atoms with E-state index in [1.165, 1.54) is 19.1 Å². The maximum atomic E-state index is 12.1. The number of alkyl halides is 3. The van der Waals surface area contributed by atoms with Crippen LogP contribution in [0.5, 0.6) is 5.75 Å². The average molecular weight is 277 g/mol. The number of para-hydroxylation sites is 1. The molecule has 1 atom stereocenters. The van der Waals surface area contributed by atoms with Gasteiger partial charge in [0, 0.05) is 0 Å². The number of rotatable bonds is 4. The van der Waals surface area contributed by atoms with Gasteiger partial charge in [0.25, 0.3) is 5.91 Å². The monoisotopic (exact) mass is 277 g/mol. The van der Waals surface area contributed by atoms with E-state index in [2.05, 4.69) is 4.74 Å². The summed E-state index contributed by atoms with van der Waals surface area (Å²) >= 11 is 0. The van der Waals surface area contributed by atoms with Crippen LogP contribution in [0.15, 0.2) is 24.3 Å². The molecule has 2 N–H and O–H groups in total. The number of ether oxygens (including phenoxy) is 1. The Morgan fingerprint density at radius 2 is 1.89 bits per heavy atom. The molecular weight excluding hydrogens is 267 g/mol. The normalized spacial score (nSPS) is 12.6. The third kappa shape index (κ3) is 4.49. The first-order chi connectivity index (χ1) is 8.70. The summed E-state index contributed by atoms with van der Waals surface area (Å²) in [6.45, 7) is 1.19. The van der Waals surface area contributed by atoms with E-state index < -0.39 is 35.6 Å². The highest BCUT2D eigenvalue weighted by molar-refractivity contribution is 5.98. The Kier molecular flexibility index (Phi) is 4.36. The number of carboxylic acid groups (broad SMARTS) is 1. The van der Waals surface area contributed by atoms with Gasteiger partial charge in [-0.15, -0.1) is 13.2 Å². The van der Waals surface area contributed by atoms with Crippen LogP contribution in [0.1, 0.15) is 17.3 Å². The molecule has 1 aromatic rings. The van der Waals surface area contributed by atoms with Gasteiger partial charge in [0.15, 0.2) is 0 Å². The summed E-state index contributed by atoms with van der Waals surface area (Å²) < 4.78 is 40.1. The molecule has 0 spiro atoms. The van der Waals surface area contributed by atoms with E-state index in [-0.39, 0.29) is 0 Å². The van der Waals surface area contributed by atoms with Crippen LogP contribution in [0.3, 0.4) is 0 Å². The number of carbonyl (C=O) groups excluding carboxylic acids is 1. The number of nitrogens with one attached hydrogen (secondary N) is 1. The Hall–Kier alpha value is -2.25. The molecule has 0 heterocycles. The topological polar surface area (TPSA) is 75.6 Å². The van der Waals surface area contributed by atoms with Gasteiger partial charge in [-0.3, -0.25) is 9.59 Å². The first-order valence-electron chi connectivity index (χ1n) is 5.09. The van der Waals surface area contributed by atoms with Gasteiger partial charge in [-0.2, -0.15) is 0 Å². The highest BCUT2D eigenvalue weighted by atomic mass is 19.4. The summed E-state index contributed by atoms with van der Waals surface area (Å²) in [7, 11) is 0. The van der Waals surface area contributed by atoms with Crippen molar-refractivity contribution in [2.45, 2.75) is 19.3 Å². The van der Waals surface area contributed by atoms with E-state index in [0.29, 0.717) is 0 Å². The third-order valence-electron chi connectivity index (χ3n) is 2.08. The fourth-order valence-electron chi connectivity index (χ4n) is 1.20. The van der Waals surface area contributed by atoms with Gasteiger partial charge in [-0.25, -0.2) is 0 Å². The van der Waals surface area contributed by atoms with Crippen LogP contribution in [-0.4, -0.2) is 29.4 Å². The minimum Gasteiger partial charge on any atom is -0.480 e. The molecule has 0 radical (unpaired) electrons. The van der Waals surface area contributed by atoms with Crippen LogP contribution in [0.4, 0.5) is 13.2 Å². The summed E-state index contributed by atoms with van der Waals surface area (Å²) in [6.07, 6.45) is -4.94. The lowest BCUT2D eigenvalue weighted by Gasteiger charge is -2.14. The van der Waals surface area contributed by atoms with Crippen molar-refractivity contribution in [3.63, 3.8) is 0 Å². The Balaban J connectivity index is 2.94. The predicted octanol–water partition coefficient (Wildman–Crippen LogP) is 1.79. The largest absolute Gasteiger partial charge is 0.573 e. The lowest BCUT2D eigenvalue weighted by atomic mass is 10.1. The Morgan fingerprint density at radius 1 is 1.32 bits per heavy atom. The van der Waals surface area contributed by atoms with E-state index in [9.17, 15) is 22.8 Å². The molecule has 0 aromatic heterocycles. The second-order valence-corrected chi connectivity index (χ2v) is 3.58. The maximum absolute atomic E-state index is 12.1. The summed E-state index contributed by atoms with van der Waals surface area (Å²) in [6, 6.07) is 3.44. The molecule has 5 nitrogen and oxygen atoms in total. The first kappa shape index (κ1) is 14.8. The quantitative estimate of drug-likeness (QED) is 0.879. The highest BCUT2D eigenvalue weighted by Crippen LogP contribution is 2.26. The zero-order valence-corrected chi connectivity index (χ0v) is 9.69. The van der Waals surface area contributed by atoms with Crippen molar-refractivity contribution in [2.24, 2.45) is 0 Å². The summed E-state index contributed by atoms with van der Waals surface area (Å²) in [5, 5.41) is 10.6. The number of carboxylic acids is 1. The molecule has 0 fully saturated rings. The maximum Gasteiger partial charge on any atom is 0.573 e. The molecule has 19 heavy (non-hydrogen) atoms. The van der Waals surface area contributed by atoms with Gasteiger partial charge in [0.1, 0.15) is 11.8 Å². The number of halogens is 3. The van der Waals surface area contributed by atoms with Gasteiger partial charge in [0.2, 0.25) is 0 Å². The predicted molar refractivity (Wildman–Crippen MR) is 57.7 cm³/mol.